The molecule has 0 fully saturated rings. The smallest absolute Gasteiger partial charge is 0.316 e. The van der Waals surface area contributed by atoms with Gasteiger partial charge in [0.05, 0.1) is 11.1 Å². The molecule has 30 heavy (non-hydrogen) atoms. The summed E-state index contributed by atoms with van der Waals surface area (Å²) in [5.74, 6) is -1.27. The first kappa shape index (κ1) is 23.3. The number of esters is 1. The van der Waals surface area contributed by atoms with Gasteiger partial charge in [-0.2, -0.15) is 10.4 Å². The van der Waals surface area contributed by atoms with Crippen molar-refractivity contribution in [2.24, 2.45) is 5.41 Å². The van der Waals surface area contributed by atoms with Crippen LogP contribution in [-0.2, 0) is 21.5 Å². The van der Waals surface area contributed by atoms with Crippen molar-refractivity contribution in [3.63, 3.8) is 0 Å². The molecule has 0 radical (unpaired) electrons. The number of nitriles is 1. The molecule has 0 saturated heterocycles. The lowest BCUT2D eigenvalue weighted by atomic mass is 9.86. The Morgan fingerprint density at radius 3 is 2.17 bits per heavy atom. The molecule has 0 saturated carbocycles. The molecule has 1 heterocycles. The lowest BCUT2D eigenvalue weighted by Crippen LogP contribution is -2.23. The SMILES string of the molecule is CCn1nc(C)c(F)c1C(OC(=O)C(C)(C)C)=C(C#N)c1ccc(C(C)(C)C)cc1. The average Bonchev–Trinajstić information content (AvgIpc) is 2.94. The lowest BCUT2D eigenvalue weighted by molar-refractivity contribution is -0.145. The minimum Gasteiger partial charge on any atom is -0.422 e. The van der Waals surface area contributed by atoms with Crippen LogP contribution in [0.3, 0.4) is 0 Å². The van der Waals surface area contributed by atoms with E-state index >= 15 is 4.39 Å². The Kier molecular flexibility index (Phi) is 6.56. The number of benzene rings is 1. The highest BCUT2D eigenvalue weighted by atomic mass is 19.1. The van der Waals surface area contributed by atoms with Gasteiger partial charge in [0.1, 0.15) is 17.3 Å². The summed E-state index contributed by atoms with van der Waals surface area (Å²) in [6.07, 6.45) is 0. The van der Waals surface area contributed by atoms with E-state index in [2.05, 4.69) is 31.9 Å². The maximum Gasteiger partial charge on any atom is 0.316 e. The van der Waals surface area contributed by atoms with Gasteiger partial charge in [-0.25, -0.2) is 4.39 Å². The number of carbonyl (C=O) groups excluding carboxylic acids is 1. The molecule has 0 aliphatic rings. The number of rotatable bonds is 4. The molecule has 0 aliphatic carbocycles. The maximum atomic E-state index is 15.0. The molecule has 0 N–H and O–H groups in total. The number of hydrogen-bond acceptors (Lipinski definition) is 4. The molecular formula is C24H30FN3O2. The number of nitrogens with zero attached hydrogens (tertiary/aromatic N) is 3. The predicted octanol–water partition coefficient (Wildman–Crippen LogP) is 5.63. The summed E-state index contributed by atoms with van der Waals surface area (Å²) in [5, 5.41) is 14.1. The maximum absolute atomic E-state index is 15.0. The molecule has 0 bridgehead atoms. The van der Waals surface area contributed by atoms with Crippen molar-refractivity contribution in [1.29, 1.82) is 5.26 Å². The first-order valence-corrected chi connectivity index (χ1v) is 10.0. The fourth-order valence-corrected chi connectivity index (χ4v) is 2.85. The lowest BCUT2D eigenvalue weighted by Gasteiger charge is -2.21. The van der Waals surface area contributed by atoms with Gasteiger partial charge < -0.3 is 4.74 Å². The van der Waals surface area contributed by atoms with Crippen LogP contribution in [0.15, 0.2) is 24.3 Å². The van der Waals surface area contributed by atoms with E-state index in [9.17, 15) is 10.1 Å². The summed E-state index contributed by atoms with van der Waals surface area (Å²) in [7, 11) is 0. The van der Waals surface area contributed by atoms with Crippen LogP contribution < -0.4 is 0 Å². The molecule has 1 aromatic carbocycles. The average molecular weight is 412 g/mol. The molecule has 160 valence electrons. The largest absolute Gasteiger partial charge is 0.422 e. The van der Waals surface area contributed by atoms with E-state index in [0.29, 0.717) is 12.1 Å². The Morgan fingerprint density at radius 2 is 1.73 bits per heavy atom. The quantitative estimate of drug-likeness (QED) is 0.371. The molecule has 2 rings (SSSR count). The highest BCUT2D eigenvalue weighted by Crippen LogP contribution is 2.33. The Hall–Kier alpha value is -2.94. The standard InChI is InChI=1S/C24H30FN3O2/c1-9-28-20(19(25)15(2)27-28)21(30-22(29)24(6,7)8)18(14-26)16-10-12-17(13-11-16)23(3,4)5/h10-13H,9H2,1-8H3. The summed E-state index contributed by atoms with van der Waals surface area (Å²) in [4.78, 5) is 12.7. The second-order valence-electron chi connectivity index (χ2n) is 9.35. The first-order valence-electron chi connectivity index (χ1n) is 10.0. The molecule has 0 unspecified atom stereocenters. The second kappa shape index (κ2) is 8.43. The fraction of sp³-hybridized carbons (Fsp3) is 0.458. The molecule has 5 nitrogen and oxygen atoms in total. The fourth-order valence-electron chi connectivity index (χ4n) is 2.85. The molecule has 0 atom stereocenters. The molecule has 6 heteroatoms. The van der Waals surface area contributed by atoms with Gasteiger partial charge in [0, 0.05) is 6.54 Å². The van der Waals surface area contributed by atoms with Crippen LogP contribution in [0, 0.1) is 29.5 Å². The van der Waals surface area contributed by atoms with Crippen molar-refractivity contribution in [2.45, 2.75) is 67.3 Å². The minimum atomic E-state index is -0.829. The zero-order valence-corrected chi connectivity index (χ0v) is 19.1. The number of hydrogen-bond donors (Lipinski definition) is 0. The summed E-state index contributed by atoms with van der Waals surface area (Å²) in [6.45, 7) is 15.1. The van der Waals surface area contributed by atoms with Crippen molar-refractivity contribution < 1.29 is 13.9 Å². The van der Waals surface area contributed by atoms with Gasteiger partial charge in [-0.15, -0.1) is 0 Å². The van der Waals surface area contributed by atoms with Crippen LogP contribution in [0.5, 0.6) is 0 Å². The molecular weight excluding hydrogens is 381 g/mol. The summed E-state index contributed by atoms with van der Waals surface area (Å²) < 4.78 is 22.1. The predicted molar refractivity (Wildman–Crippen MR) is 116 cm³/mol. The second-order valence-corrected chi connectivity index (χ2v) is 9.35. The van der Waals surface area contributed by atoms with Crippen LogP contribution in [0.25, 0.3) is 11.3 Å². The van der Waals surface area contributed by atoms with Crippen molar-refractivity contribution in [2.75, 3.05) is 0 Å². The molecule has 0 spiro atoms. The summed E-state index contributed by atoms with van der Waals surface area (Å²) >= 11 is 0. The number of halogens is 1. The van der Waals surface area contributed by atoms with Crippen LogP contribution >= 0.6 is 0 Å². The Balaban J connectivity index is 2.77. The normalized spacial score (nSPS) is 12.9. The number of ether oxygens (including phenoxy) is 1. The molecule has 2 aromatic rings. The summed E-state index contributed by atoms with van der Waals surface area (Å²) in [5.41, 5.74) is 1.02. The zero-order valence-electron chi connectivity index (χ0n) is 19.1. The number of allylic oxidation sites excluding steroid dienone is 1. The topological polar surface area (TPSA) is 67.9 Å². The number of aromatic nitrogens is 2. The van der Waals surface area contributed by atoms with Crippen LogP contribution in [0.4, 0.5) is 4.39 Å². The van der Waals surface area contributed by atoms with E-state index in [-0.39, 0.29) is 28.1 Å². The minimum absolute atomic E-state index is 0.00375. The molecule has 1 aromatic heterocycles. The third-order valence-corrected chi connectivity index (χ3v) is 4.75. The van der Waals surface area contributed by atoms with Gasteiger partial charge in [-0.3, -0.25) is 9.48 Å². The highest BCUT2D eigenvalue weighted by Gasteiger charge is 2.31. The van der Waals surface area contributed by atoms with E-state index in [1.807, 2.05) is 19.1 Å². The molecule has 0 amide bonds. The van der Waals surface area contributed by atoms with E-state index in [0.717, 1.165) is 5.56 Å². The Morgan fingerprint density at radius 1 is 1.17 bits per heavy atom. The van der Waals surface area contributed by atoms with Crippen molar-refractivity contribution in [3.8, 4) is 6.07 Å². The van der Waals surface area contributed by atoms with Crippen molar-refractivity contribution in [1.82, 2.24) is 9.78 Å². The van der Waals surface area contributed by atoms with Gasteiger partial charge in [0.15, 0.2) is 11.6 Å². The van der Waals surface area contributed by atoms with Crippen molar-refractivity contribution >= 4 is 17.3 Å². The van der Waals surface area contributed by atoms with Gasteiger partial charge in [0.2, 0.25) is 0 Å². The van der Waals surface area contributed by atoms with Crippen molar-refractivity contribution in [3.05, 3.63) is 52.6 Å². The van der Waals surface area contributed by atoms with E-state index < -0.39 is 17.2 Å². The number of carbonyl (C=O) groups is 1. The van der Waals surface area contributed by atoms with E-state index in [1.54, 1.807) is 39.8 Å². The van der Waals surface area contributed by atoms with E-state index in [1.165, 1.54) is 4.68 Å². The molecule has 0 aliphatic heterocycles. The van der Waals surface area contributed by atoms with Gasteiger partial charge in [0.25, 0.3) is 0 Å². The number of aryl methyl sites for hydroxylation is 2. The Labute approximate surface area is 178 Å². The highest BCUT2D eigenvalue weighted by molar-refractivity contribution is 5.97. The monoisotopic (exact) mass is 411 g/mol. The third-order valence-electron chi connectivity index (χ3n) is 4.75. The van der Waals surface area contributed by atoms with Gasteiger partial charge >= 0.3 is 5.97 Å². The van der Waals surface area contributed by atoms with E-state index in [4.69, 9.17) is 4.74 Å². The van der Waals surface area contributed by atoms with Gasteiger partial charge in [-0.05, 0) is 51.2 Å². The first-order chi connectivity index (χ1) is 13.8. The Bertz CT molecular complexity index is 1010. The zero-order chi connectivity index (χ0) is 22.9. The van der Waals surface area contributed by atoms with Crippen LogP contribution in [0.1, 0.15) is 71.0 Å². The summed E-state index contributed by atoms with van der Waals surface area (Å²) in [6, 6.07) is 9.55. The third kappa shape index (κ3) is 4.79. The van der Waals surface area contributed by atoms with Gasteiger partial charge in [-0.1, -0.05) is 45.0 Å². The van der Waals surface area contributed by atoms with Crippen LogP contribution in [-0.4, -0.2) is 15.7 Å². The van der Waals surface area contributed by atoms with Crippen LogP contribution in [0.2, 0.25) is 0 Å².